The van der Waals surface area contributed by atoms with Crippen molar-refractivity contribution in [2.24, 2.45) is 5.16 Å². The van der Waals surface area contributed by atoms with E-state index in [1.807, 2.05) is 0 Å². The van der Waals surface area contributed by atoms with Crippen LogP contribution >= 0.6 is 0 Å². The van der Waals surface area contributed by atoms with E-state index in [9.17, 15) is 14.4 Å². The number of esters is 1. The van der Waals surface area contributed by atoms with E-state index in [0.717, 1.165) is 5.56 Å². The predicted octanol–water partition coefficient (Wildman–Crippen LogP) is 2.90. The SMILES string of the molecule is COC(=O)c1ccc(/C=N/OCCCCN2C(=O)c3ccccc3C2=O)cc1. The van der Waals surface area contributed by atoms with Crippen molar-refractivity contribution in [2.45, 2.75) is 12.8 Å². The number of fused-ring (bicyclic) bond motifs is 1. The average molecular weight is 380 g/mol. The second kappa shape index (κ2) is 8.94. The summed E-state index contributed by atoms with van der Waals surface area (Å²) in [7, 11) is 1.33. The number of unbranched alkanes of at least 4 members (excludes halogenated alkanes) is 1. The maximum absolute atomic E-state index is 12.2. The Balaban J connectivity index is 1.38. The third kappa shape index (κ3) is 4.25. The van der Waals surface area contributed by atoms with Crippen molar-refractivity contribution in [3.63, 3.8) is 0 Å². The summed E-state index contributed by atoms with van der Waals surface area (Å²) in [5.41, 5.74) is 2.19. The lowest BCUT2D eigenvalue weighted by molar-refractivity contribution is 0.0598. The zero-order valence-electron chi connectivity index (χ0n) is 15.5. The summed E-state index contributed by atoms with van der Waals surface area (Å²) in [5.74, 6) is -0.873. The minimum absolute atomic E-state index is 0.241. The van der Waals surface area contributed by atoms with E-state index in [2.05, 4.69) is 9.89 Å². The molecule has 0 radical (unpaired) electrons. The molecular weight excluding hydrogens is 360 g/mol. The van der Waals surface area contributed by atoms with E-state index < -0.39 is 5.97 Å². The first kappa shape index (κ1) is 19.3. The first-order chi connectivity index (χ1) is 13.6. The molecule has 0 fully saturated rings. The summed E-state index contributed by atoms with van der Waals surface area (Å²) in [5, 5.41) is 3.88. The molecule has 1 aliphatic rings. The van der Waals surface area contributed by atoms with Gasteiger partial charge in [-0.3, -0.25) is 14.5 Å². The number of hydrogen-bond donors (Lipinski definition) is 0. The van der Waals surface area contributed by atoms with E-state index in [-0.39, 0.29) is 11.8 Å². The van der Waals surface area contributed by atoms with Gasteiger partial charge in [-0.25, -0.2) is 4.79 Å². The van der Waals surface area contributed by atoms with Gasteiger partial charge >= 0.3 is 5.97 Å². The minimum Gasteiger partial charge on any atom is -0.465 e. The van der Waals surface area contributed by atoms with Crippen molar-refractivity contribution in [1.82, 2.24) is 4.90 Å². The number of ether oxygens (including phenoxy) is 1. The predicted molar refractivity (Wildman–Crippen MR) is 102 cm³/mol. The summed E-state index contributed by atoms with van der Waals surface area (Å²) in [6.07, 6.45) is 2.84. The number of benzene rings is 2. The Labute approximate surface area is 162 Å². The highest BCUT2D eigenvalue weighted by Crippen LogP contribution is 2.22. The molecule has 0 saturated carbocycles. The molecule has 7 heteroatoms. The third-order valence-electron chi connectivity index (χ3n) is 4.35. The smallest absolute Gasteiger partial charge is 0.337 e. The molecule has 0 aromatic heterocycles. The number of hydrogen-bond acceptors (Lipinski definition) is 6. The number of carbonyl (C=O) groups excluding carboxylic acids is 3. The Morgan fingerprint density at radius 2 is 1.64 bits per heavy atom. The standard InChI is InChI=1S/C21H20N2O5/c1-27-21(26)16-10-8-15(9-11-16)14-22-28-13-5-4-12-23-19(24)17-6-2-3-7-18(17)20(23)25/h2-3,6-11,14H,4-5,12-13H2,1H3/b22-14+. The van der Waals surface area contributed by atoms with Gasteiger partial charge in [0.1, 0.15) is 6.61 Å². The van der Waals surface area contributed by atoms with Crippen molar-refractivity contribution in [1.29, 1.82) is 0 Å². The molecular formula is C21H20N2O5. The second-order valence-electron chi connectivity index (χ2n) is 6.20. The van der Waals surface area contributed by atoms with E-state index in [1.165, 1.54) is 12.0 Å². The molecule has 0 bridgehead atoms. The molecule has 0 saturated heterocycles. The van der Waals surface area contributed by atoms with Crippen LogP contribution in [0.4, 0.5) is 0 Å². The van der Waals surface area contributed by atoms with E-state index in [4.69, 9.17) is 4.84 Å². The quantitative estimate of drug-likeness (QED) is 0.231. The third-order valence-corrected chi connectivity index (χ3v) is 4.35. The fraction of sp³-hybridized carbons (Fsp3) is 0.238. The summed E-state index contributed by atoms with van der Waals surface area (Å²) in [6.45, 7) is 0.730. The van der Waals surface area contributed by atoms with Gasteiger partial charge in [0.05, 0.1) is 30.0 Å². The molecule has 3 rings (SSSR count). The number of imide groups is 1. The Hall–Kier alpha value is -3.48. The molecule has 0 aliphatic carbocycles. The van der Waals surface area contributed by atoms with Crippen LogP contribution in [0.15, 0.2) is 53.7 Å². The number of rotatable bonds is 8. The summed E-state index contributed by atoms with van der Waals surface area (Å²) < 4.78 is 4.64. The van der Waals surface area contributed by atoms with E-state index >= 15 is 0 Å². The zero-order valence-corrected chi connectivity index (χ0v) is 15.5. The van der Waals surface area contributed by atoms with Crippen molar-refractivity contribution < 1.29 is 24.0 Å². The monoisotopic (exact) mass is 380 g/mol. The van der Waals surface area contributed by atoms with Crippen molar-refractivity contribution in [3.05, 3.63) is 70.8 Å². The molecule has 0 unspecified atom stereocenters. The van der Waals surface area contributed by atoms with Gasteiger partial charge in [0.15, 0.2) is 0 Å². The van der Waals surface area contributed by atoms with Gasteiger partial charge in [-0.1, -0.05) is 29.4 Å². The minimum atomic E-state index is -0.391. The highest BCUT2D eigenvalue weighted by Gasteiger charge is 2.34. The Morgan fingerprint density at radius 1 is 1.00 bits per heavy atom. The second-order valence-corrected chi connectivity index (χ2v) is 6.20. The average Bonchev–Trinajstić information content (AvgIpc) is 2.98. The molecule has 0 atom stereocenters. The Kier molecular flexibility index (Phi) is 6.16. The zero-order chi connectivity index (χ0) is 19.9. The number of oxime groups is 1. The van der Waals surface area contributed by atoms with Gasteiger partial charge in [-0.2, -0.15) is 0 Å². The van der Waals surface area contributed by atoms with Gasteiger partial charge in [0.2, 0.25) is 0 Å². The highest BCUT2D eigenvalue weighted by molar-refractivity contribution is 6.21. The summed E-state index contributed by atoms with van der Waals surface area (Å²) in [6, 6.07) is 13.6. The largest absolute Gasteiger partial charge is 0.465 e. The van der Waals surface area contributed by atoms with Crippen LogP contribution in [-0.4, -0.2) is 49.2 Å². The van der Waals surface area contributed by atoms with Crippen molar-refractivity contribution >= 4 is 24.0 Å². The van der Waals surface area contributed by atoms with Crippen molar-refractivity contribution in [3.8, 4) is 0 Å². The molecule has 0 spiro atoms. The number of amides is 2. The number of carbonyl (C=O) groups is 3. The fourth-order valence-electron chi connectivity index (χ4n) is 2.85. The molecule has 2 amide bonds. The van der Waals surface area contributed by atoms with Gasteiger partial charge < -0.3 is 9.57 Å². The van der Waals surface area contributed by atoms with Crippen LogP contribution in [-0.2, 0) is 9.57 Å². The fourth-order valence-corrected chi connectivity index (χ4v) is 2.85. The van der Waals surface area contributed by atoms with Crippen LogP contribution in [0.2, 0.25) is 0 Å². The lowest BCUT2D eigenvalue weighted by Crippen LogP contribution is -2.30. The lowest BCUT2D eigenvalue weighted by Gasteiger charge is -2.13. The molecule has 144 valence electrons. The van der Waals surface area contributed by atoms with Crippen LogP contribution in [0.25, 0.3) is 0 Å². The van der Waals surface area contributed by atoms with Gasteiger partial charge in [-0.15, -0.1) is 0 Å². The van der Waals surface area contributed by atoms with Crippen LogP contribution in [0.1, 0.15) is 49.5 Å². The van der Waals surface area contributed by atoms with Crippen molar-refractivity contribution in [2.75, 3.05) is 20.3 Å². The lowest BCUT2D eigenvalue weighted by atomic mass is 10.1. The Bertz CT molecular complexity index is 870. The van der Waals surface area contributed by atoms with E-state index in [0.29, 0.717) is 42.7 Å². The summed E-state index contributed by atoms with van der Waals surface area (Å²) >= 11 is 0. The molecule has 2 aromatic carbocycles. The van der Waals surface area contributed by atoms with Crippen LogP contribution in [0.3, 0.4) is 0 Å². The van der Waals surface area contributed by atoms with Crippen LogP contribution in [0.5, 0.6) is 0 Å². The van der Waals surface area contributed by atoms with Crippen LogP contribution in [0, 0.1) is 0 Å². The number of nitrogens with zero attached hydrogens (tertiary/aromatic N) is 2. The highest BCUT2D eigenvalue weighted by atomic mass is 16.6. The van der Waals surface area contributed by atoms with Gasteiger partial charge in [0, 0.05) is 6.54 Å². The van der Waals surface area contributed by atoms with Gasteiger partial charge in [-0.05, 0) is 42.7 Å². The molecule has 1 heterocycles. The first-order valence-corrected chi connectivity index (χ1v) is 8.91. The molecule has 7 nitrogen and oxygen atoms in total. The first-order valence-electron chi connectivity index (χ1n) is 8.91. The molecule has 0 N–H and O–H groups in total. The molecule has 28 heavy (non-hydrogen) atoms. The normalized spacial score (nSPS) is 13.1. The topological polar surface area (TPSA) is 85.3 Å². The summed E-state index contributed by atoms with van der Waals surface area (Å²) in [4.78, 5) is 42.3. The maximum atomic E-state index is 12.2. The number of methoxy groups -OCH3 is 1. The molecule has 2 aromatic rings. The molecule has 1 aliphatic heterocycles. The maximum Gasteiger partial charge on any atom is 0.337 e. The van der Waals surface area contributed by atoms with Crippen LogP contribution < -0.4 is 0 Å². The van der Waals surface area contributed by atoms with E-state index in [1.54, 1.807) is 54.7 Å². The van der Waals surface area contributed by atoms with Gasteiger partial charge in [0.25, 0.3) is 11.8 Å². The Morgan fingerprint density at radius 3 is 2.25 bits per heavy atom.